The van der Waals surface area contributed by atoms with Crippen LogP contribution >= 0.6 is 11.6 Å². The maximum Gasteiger partial charge on any atom is 0.216 e. The van der Waals surface area contributed by atoms with E-state index >= 15 is 0 Å². The van der Waals surface area contributed by atoms with Crippen LogP contribution in [0.1, 0.15) is 83.4 Å². The van der Waals surface area contributed by atoms with Crippen LogP contribution in [0.2, 0.25) is 5.02 Å². The number of rotatable bonds is 13. The Morgan fingerprint density at radius 3 is 1.94 bits per heavy atom. The molecule has 0 fully saturated rings. The fourth-order valence-corrected chi connectivity index (χ4v) is 4.24. The Morgan fingerprint density at radius 1 is 0.912 bits per heavy atom. The van der Waals surface area contributed by atoms with Gasteiger partial charge in [0.05, 0.1) is 5.60 Å². The Morgan fingerprint density at radius 2 is 1.47 bits per heavy atom. The van der Waals surface area contributed by atoms with E-state index in [4.69, 9.17) is 11.6 Å². The molecule has 0 bridgehead atoms. The van der Waals surface area contributed by atoms with Crippen molar-refractivity contribution in [3.8, 4) is 0 Å². The smallest absolute Gasteiger partial charge is 0.216 e. The summed E-state index contributed by atoms with van der Waals surface area (Å²) in [5.41, 5.74) is 2.94. The zero-order chi connectivity index (χ0) is 25.4. The average Bonchev–Trinajstić information content (AvgIpc) is 2.81. The predicted molar refractivity (Wildman–Crippen MR) is 145 cm³/mol. The van der Waals surface area contributed by atoms with Crippen LogP contribution in [0.4, 0.5) is 0 Å². The van der Waals surface area contributed by atoms with E-state index in [9.17, 15) is 9.90 Å². The molecule has 2 aromatic carbocycles. The fraction of sp³-hybridized carbons (Fsp3) is 0.552. The Kier molecular flexibility index (Phi) is 14.8. The second-order valence-corrected chi connectivity index (χ2v) is 9.39. The molecule has 2 N–H and O–H groups in total. The molecule has 0 aromatic heterocycles. The molecule has 2 rings (SSSR count). The molecule has 0 saturated carbocycles. The van der Waals surface area contributed by atoms with E-state index in [1.807, 2.05) is 24.3 Å². The highest BCUT2D eigenvalue weighted by atomic mass is 35.5. The molecule has 0 aliphatic rings. The van der Waals surface area contributed by atoms with Crippen molar-refractivity contribution < 1.29 is 9.90 Å². The molecule has 4 nitrogen and oxygen atoms in total. The highest BCUT2D eigenvalue weighted by Crippen LogP contribution is 2.32. The van der Waals surface area contributed by atoms with Gasteiger partial charge in [0.15, 0.2) is 0 Å². The standard InChI is InChI=1S/C16H26N2O.C13H19ClO/c1-4-12-18(5-2)13-16-8-6-15(7-9-16)10-11-17-14(3)19;1-3-9-13(15,10-4-2)11-5-7-12(14)8-6-11/h6-9H,4-5,10-13H2,1-3H3,(H,17,19);5-8,15H,3-4,9-10H2,1-2H3. The Hall–Kier alpha value is -1.88. The van der Waals surface area contributed by atoms with Gasteiger partial charge >= 0.3 is 0 Å². The molecular weight excluding hydrogens is 444 g/mol. The number of hydrogen-bond donors (Lipinski definition) is 2. The lowest BCUT2D eigenvalue weighted by Crippen LogP contribution is -2.25. The topological polar surface area (TPSA) is 52.6 Å². The Balaban J connectivity index is 0.000000350. The summed E-state index contributed by atoms with van der Waals surface area (Å²) >= 11 is 5.83. The van der Waals surface area contributed by atoms with Crippen LogP contribution < -0.4 is 5.32 Å². The maximum absolute atomic E-state index is 10.8. The van der Waals surface area contributed by atoms with E-state index in [0.717, 1.165) is 57.3 Å². The van der Waals surface area contributed by atoms with Crippen molar-refractivity contribution in [1.29, 1.82) is 0 Å². The predicted octanol–water partition coefficient (Wildman–Crippen LogP) is 6.72. The summed E-state index contributed by atoms with van der Waals surface area (Å²) in [5, 5.41) is 14.1. The van der Waals surface area contributed by atoms with E-state index in [1.54, 1.807) is 6.92 Å². The van der Waals surface area contributed by atoms with Gasteiger partial charge in [0.2, 0.25) is 5.91 Å². The molecule has 0 atom stereocenters. The van der Waals surface area contributed by atoms with Gasteiger partial charge in [-0.05, 0) is 67.6 Å². The van der Waals surface area contributed by atoms with Gasteiger partial charge in [-0.15, -0.1) is 0 Å². The van der Waals surface area contributed by atoms with E-state index in [0.29, 0.717) is 11.6 Å². The largest absolute Gasteiger partial charge is 0.385 e. The summed E-state index contributed by atoms with van der Waals surface area (Å²) in [6, 6.07) is 16.2. The fourth-order valence-electron chi connectivity index (χ4n) is 4.12. The van der Waals surface area contributed by atoms with Crippen LogP contribution in [0.15, 0.2) is 48.5 Å². The van der Waals surface area contributed by atoms with Gasteiger partial charge in [-0.3, -0.25) is 9.69 Å². The zero-order valence-corrected chi connectivity index (χ0v) is 22.6. The summed E-state index contributed by atoms with van der Waals surface area (Å²) in [4.78, 5) is 13.2. The first-order valence-electron chi connectivity index (χ1n) is 12.8. The second-order valence-electron chi connectivity index (χ2n) is 8.96. The van der Waals surface area contributed by atoms with Crippen LogP contribution in [0.5, 0.6) is 0 Å². The quantitative estimate of drug-likeness (QED) is 0.329. The summed E-state index contributed by atoms with van der Waals surface area (Å²) in [6.45, 7) is 14.1. The molecule has 0 saturated heterocycles. The number of aliphatic hydroxyl groups is 1. The van der Waals surface area contributed by atoms with Crippen molar-refractivity contribution in [2.24, 2.45) is 0 Å². The molecule has 5 heteroatoms. The van der Waals surface area contributed by atoms with Crippen molar-refractivity contribution in [3.63, 3.8) is 0 Å². The van der Waals surface area contributed by atoms with E-state index in [-0.39, 0.29) is 5.91 Å². The molecule has 0 aliphatic carbocycles. The third-order valence-electron chi connectivity index (χ3n) is 5.91. The molecule has 190 valence electrons. The normalized spacial score (nSPS) is 11.2. The van der Waals surface area contributed by atoms with Crippen LogP contribution in [-0.2, 0) is 23.4 Å². The summed E-state index contributed by atoms with van der Waals surface area (Å²) in [7, 11) is 0. The van der Waals surface area contributed by atoms with E-state index < -0.39 is 5.60 Å². The highest BCUT2D eigenvalue weighted by molar-refractivity contribution is 6.30. The molecule has 0 heterocycles. The number of nitrogens with one attached hydrogen (secondary N) is 1. The molecule has 0 radical (unpaired) electrons. The number of carbonyl (C=O) groups is 1. The molecule has 34 heavy (non-hydrogen) atoms. The van der Waals surface area contributed by atoms with Crippen molar-refractivity contribution in [3.05, 3.63) is 70.2 Å². The number of hydrogen-bond acceptors (Lipinski definition) is 3. The minimum Gasteiger partial charge on any atom is -0.385 e. The zero-order valence-electron chi connectivity index (χ0n) is 21.9. The van der Waals surface area contributed by atoms with Crippen molar-refractivity contribution in [2.45, 2.75) is 85.3 Å². The minimum atomic E-state index is -0.673. The summed E-state index contributed by atoms with van der Waals surface area (Å²) in [5.74, 6) is 0.0368. The maximum atomic E-state index is 10.8. The van der Waals surface area contributed by atoms with Gasteiger partial charge in [-0.25, -0.2) is 0 Å². The third kappa shape index (κ3) is 11.5. The van der Waals surface area contributed by atoms with Gasteiger partial charge in [0.25, 0.3) is 0 Å². The number of nitrogens with zero attached hydrogens (tertiary/aromatic N) is 1. The molecule has 0 unspecified atom stereocenters. The summed E-state index contributed by atoms with van der Waals surface area (Å²) in [6.07, 6.45) is 5.68. The van der Waals surface area contributed by atoms with E-state index in [1.165, 1.54) is 17.5 Å². The van der Waals surface area contributed by atoms with Crippen LogP contribution in [0.25, 0.3) is 0 Å². The first kappa shape index (κ1) is 30.2. The molecule has 0 spiro atoms. The first-order valence-corrected chi connectivity index (χ1v) is 13.2. The number of halogens is 1. The SMILES string of the molecule is CCCC(O)(CCC)c1ccc(Cl)cc1.CCCN(CC)Cc1ccc(CCNC(C)=O)cc1. The van der Waals surface area contributed by atoms with Gasteiger partial charge in [-0.2, -0.15) is 0 Å². The van der Waals surface area contributed by atoms with Crippen LogP contribution in [0.3, 0.4) is 0 Å². The van der Waals surface area contributed by atoms with Crippen LogP contribution in [0, 0.1) is 0 Å². The van der Waals surface area contributed by atoms with Gasteiger partial charge < -0.3 is 10.4 Å². The number of amides is 1. The van der Waals surface area contributed by atoms with Crippen molar-refractivity contribution in [2.75, 3.05) is 19.6 Å². The van der Waals surface area contributed by atoms with Crippen LogP contribution in [-0.4, -0.2) is 35.5 Å². The second kappa shape index (κ2) is 16.7. The first-order chi connectivity index (χ1) is 16.3. The number of carbonyl (C=O) groups excluding carboxylic acids is 1. The van der Waals surface area contributed by atoms with Gasteiger partial charge in [-0.1, -0.05) is 88.5 Å². The lowest BCUT2D eigenvalue weighted by molar-refractivity contribution is -0.118. The molecular formula is C29H45ClN2O2. The molecule has 0 aliphatic heterocycles. The lowest BCUT2D eigenvalue weighted by Gasteiger charge is -2.28. The number of benzene rings is 2. The Bertz CT molecular complexity index is 800. The lowest BCUT2D eigenvalue weighted by atomic mass is 9.85. The monoisotopic (exact) mass is 488 g/mol. The average molecular weight is 489 g/mol. The third-order valence-corrected chi connectivity index (χ3v) is 6.16. The van der Waals surface area contributed by atoms with Gasteiger partial charge in [0.1, 0.15) is 0 Å². The molecule has 1 amide bonds. The molecule has 2 aromatic rings. The van der Waals surface area contributed by atoms with E-state index in [2.05, 4.69) is 62.2 Å². The summed E-state index contributed by atoms with van der Waals surface area (Å²) < 4.78 is 0. The van der Waals surface area contributed by atoms with Crippen molar-refractivity contribution in [1.82, 2.24) is 10.2 Å². The van der Waals surface area contributed by atoms with Gasteiger partial charge in [0, 0.05) is 25.0 Å². The minimum absolute atomic E-state index is 0.0368. The highest BCUT2D eigenvalue weighted by Gasteiger charge is 2.26. The van der Waals surface area contributed by atoms with Crippen molar-refractivity contribution >= 4 is 17.5 Å². The Labute approximate surface area is 212 Å².